The molecule has 1 aromatic rings. The third-order valence-electron chi connectivity index (χ3n) is 3.73. The van der Waals surface area contributed by atoms with Gasteiger partial charge in [-0.15, -0.1) is 6.58 Å². The molecule has 1 aromatic carbocycles. The summed E-state index contributed by atoms with van der Waals surface area (Å²) in [6.45, 7) is 10.3. The maximum atomic E-state index is 9.91. The summed E-state index contributed by atoms with van der Waals surface area (Å²) >= 11 is 0. The number of rotatable bonds is 8. The number of nitrogens with zero attached hydrogens (tertiary/aromatic N) is 2. The van der Waals surface area contributed by atoms with Gasteiger partial charge < -0.3 is 9.84 Å². The second-order valence-corrected chi connectivity index (χ2v) is 5.54. The van der Waals surface area contributed by atoms with Gasteiger partial charge in [0.15, 0.2) is 0 Å². The summed E-state index contributed by atoms with van der Waals surface area (Å²) in [4.78, 5) is 4.77. The average Bonchev–Trinajstić information content (AvgIpc) is 2.51. The van der Waals surface area contributed by atoms with Crippen LogP contribution in [0.25, 0.3) is 0 Å². The summed E-state index contributed by atoms with van der Waals surface area (Å²) in [5, 5.41) is 9.91. The Morgan fingerprint density at radius 1 is 1.14 bits per heavy atom. The Morgan fingerprint density at radius 2 is 1.81 bits per heavy atom. The Balaban J connectivity index is 1.65. The molecule has 2 rings (SSSR count). The van der Waals surface area contributed by atoms with Crippen LogP contribution in [0.3, 0.4) is 0 Å². The minimum Gasteiger partial charge on any atom is -0.389 e. The normalized spacial score (nSPS) is 18.5. The Labute approximate surface area is 127 Å². The fourth-order valence-electron chi connectivity index (χ4n) is 2.61. The molecular weight excluding hydrogens is 264 g/mol. The van der Waals surface area contributed by atoms with E-state index in [1.165, 1.54) is 5.56 Å². The van der Waals surface area contributed by atoms with E-state index in [-0.39, 0.29) is 0 Å². The van der Waals surface area contributed by atoms with Gasteiger partial charge in [0, 0.05) is 39.3 Å². The first-order valence-electron chi connectivity index (χ1n) is 7.63. The standard InChI is InChI=1S/C17H26N2O2/c1-2-12-21-15-17(20)14-19-10-8-18(9-11-19)13-16-6-4-3-5-7-16/h2-7,17,20H,1,8-15H2. The van der Waals surface area contributed by atoms with E-state index in [2.05, 4.69) is 46.7 Å². The molecule has 4 nitrogen and oxygen atoms in total. The van der Waals surface area contributed by atoms with E-state index in [0.717, 1.165) is 32.7 Å². The number of aliphatic hydroxyl groups excluding tert-OH is 1. The molecule has 0 aromatic heterocycles. The highest BCUT2D eigenvalue weighted by atomic mass is 16.5. The highest BCUT2D eigenvalue weighted by molar-refractivity contribution is 5.14. The first kappa shape index (κ1) is 16.2. The third-order valence-corrected chi connectivity index (χ3v) is 3.73. The molecule has 1 fully saturated rings. The lowest BCUT2D eigenvalue weighted by atomic mass is 10.2. The van der Waals surface area contributed by atoms with Crippen LogP contribution in [0.5, 0.6) is 0 Å². The summed E-state index contributed by atoms with van der Waals surface area (Å²) in [5.41, 5.74) is 1.36. The fraction of sp³-hybridized carbons (Fsp3) is 0.529. The SMILES string of the molecule is C=CCOCC(O)CN1CCN(Cc2ccccc2)CC1. The zero-order valence-corrected chi connectivity index (χ0v) is 12.7. The fourth-order valence-corrected chi connectivity index (χ4v) is 2.61. The van der Waals surface area contributed by atoms with E-state index < -0.39 is 6.10 Å². The van der Waals surface area contributed by atoms with E-state index in [1.807, 2.05) is 0 Å². The van der Waals surface area contributed by atoms with Crippen LogP contribution in [0.4, 0.5) is 0 Å². The lowest BCUT2D eigenvalue weighted by Gasteiger charge is -2.35. The maximum Gasteiger partial charge on any atom is 0.0900 e. The molecule has 0 saturated carbocycles. The van der Waals surface area contributed by atoms with Crippen LogP contribution in [0, 0.1) is 0 Å². The molecule has 1 unspecified atom stereocenters. The van der Waals surface area contributed by atoms with Crippen LogP contribution in [0.15, 0.2) is 43.0 Å². The zero-order chi connectivity index (χ0) is 14.9. The van der Waals surface area contributed by atoms with Crippen molar-refractivity contribution in [2.24, 2.45) is 0 Å². The molecule has 1 heterocycles. The molecule has 21 heavy (non-hydrogen) atoms. The molecule has 0 spiro atoms. The summed E-state index contributed by atoms with van der Waals surface area (Å²) in [5.74, 6) is 0. The van der Waals surface area contributed by atoms with Crippen molar-refractivity contribution < 1.29 is 9.84 Å². The van der Waals surface area contributed by atoms with Gasteiger partial charge >= 0.3 is 0 Å². The quantitative estimate of drug-likeness (QED) is 0.579. The van der Waals surface area contributed by atoms with Crippen LogP contribution in [-0.4, -0.2) is 66.9 Å². The number of hydrogen-bond donors (Lipinski definition) is 1. The molecule has 0 bridgehead atoms. The highest BCUT2D eigenvalue weighted by Crippen LogP contribution is 2.08. The van der Waals surface area contributed by atoms with Gasteiger partial charge in [0.05, 0.1) is 19.3 Å². The first-order valence-corrected chi connectivity index (χ1v) is 7.63. The average molecular weight is 290 g/mol. The van der Waals surface area contributed by atoms with Crippen LogP contribution >= 0.6 is 0 Å². The van der Waals surface area contributed by atoms with Crippen molar-refractivity contribution in [3.8, 4) is 0 Å². The molecule has 0 radical (unpaired) electrons. The van der Waals surface area contributed by atoms with Gasteiger partial charge in [0.2, 0.25) is 0 Å². The Morgan fingerprint density at radius 3 is 2.48 bits per heavy atom. The van der Waals surface area contributed by atoms with E-state index >= 15 is 0 Å². The van der Waals surface area contributed by atoms with Crippen molar-refractivity contribution in [3.63, 3.8) is 0 Å². The van der Waals surface area contributed by atoms with Crippen molar-refractivity contribution in [1.82, 2.24) is 9.80 Å². The van der Waals surface area contributed by atoms with Crippen LogP contribution in [0.2, 0.25) is 0 Å². The topological polar surface area (TPSA) is 35.9 Å². The molecule has 1 aliphatic heterocycles. The number of piperazine rings is 1. The zero-order valence-electron chi connectivity index (χ0n) is 12.7. The largest absolute Gasteiger partial charge is 0.389 e. The molecule has 116 valence electrons. The smallest absolute Gasteiger partial charge is 0.0900 e. The number of hydrogen-bond acceptors (Lipinski definition) is 4. The van der Waals surface area contributed by atoms with Crippen LogP contribution in [-0.2, 0) is 11.3 Å². The number of β-amino-alcohol motifs (C(OH)–C–C–N with tert-alkyl or cyclic N) is 1. The number of ether oxygens (including phenoxy) is 1. The molecule has 1 N–H and O–H groups in total. The van der Waals surface area contributed by atoms with Crippen molar-refractivity contribution in [1.29, 1.82) is 0 Å². The lowest BCUT2D eigenvalue weighted by molar-refractivity contribution is 0.0142. The van der Waals surface area contributed by atoms with Crippen molar-refractivity contribution in [2.45, 2.75) is 12.6 Å². The van der Waals surface area contributed by atoms with E-state index in [0.29, 0.717) is 19.8 Å². The van der Waals surface area contributed by atoms with Gasteiger partial charge in [0.25, 0.3) is 0 Å². The summed E-state index contributed by atoms with van der Waals surface area (Å²) in [7, 11) is 0. The first-order chi connectivity index (χ1) is 10.3. The summed E-state index contributed by atoms with van der Waals surface area (Å²) in [6.07, 6.45) is 1.29. The number of aliphatic hydroxyl groups is 1. The second kappa shape index (κ2) is 8.95. The minimum absolute atomic E-state index is 0.385. The van der Waals surface area contributed by atoms with Gasteiger partial charge in [-0.1, -0.05) is 36.4 Å². The Kier molecular flexibility index (Phi) is 6.89. The molecule has 0 amide bonds. The van der Waals surface area contributed by atoms with Crippen LogP contribution in [0.1, 0.15) is 5.56 Å². The van der Waals surface area contributed by atoms with Crippen molar-refractivity contribution in [3.05, 3.63) is 48.6 Å². The molecule has 1 atom stereocenters. The molecule has 4 heteroatoms. The van der Waals surface area contributed by atoms with Gasteiger partial charge in [-0.05, 0) is 5.56 Å². The lowest BCUT2D eigenvalue weighted by Crippen LogP contribution is -2.48. The second-order valence-electron chi connectivity index (χ2n) is 5.54. The van der Waals surface area contributed by atoms with Gasteiger partial charge in [-0.3, -0.25) is 9.80 Å². The maximum absolute atomic E-state index is 9.91. The third kappa shape index (κ3) is 5.98. The molecule has 1 saturated heterocycles. The van der Waals surface area contributed by atoms with Crippen molar-refractivity contribution >= 4 is 0 Å². The molecule has 1 aliphatic rings. The van der Waals surface area contributed by atoms with Gasteiger partial charge in [0.1, 0.15) is 0 Å². The summed E-state index contributed by atoms with van der Waals surface area (Å²) in [6, 6.07) is 10.6. The minimum atomic E-state index is -0.411. The molecule has 0 aliphatic carbocycles. The van der Waals surface area contributed by atoms with Gasteiger partial charge in [-0.25, -0.2) is 0 Å². The van der Waals surface area contributed by atoms with E-state index in [9.17, 15) is 5.11 Å². The summed E-state index contributed by atoms with van der Waals surface area (Å²) < 4.78 is 5.28. The highest BCUT2D eigenvalue weighted by Gasteiger charge is 2.19. The Bertz CT molecular complexity index is 403. The predicted octanol–water partition coefficient (Wildman–Crippen LogP) is 1.37. The Hall–Kier alpha value is -1.20. The van der Waals surface area contributed by atoms with Gasteiger partial charge in [-0.2, -0.15) is 0 Å². The molecular formula is C17H26N2O2. The number of benzene rings is 1. The predicted molar refractivity (Wildman–Crippen MR) is 85.2 cm³/mol. The van der Waals surface area contributed by atoms with E-state index in [4.69, 9.17) is 4.74 Å². The monoisotopic (exact) mass is 290 g/mol. The van der Waals surface area contributed by atoms with E-state index in [1.54, 1.807) is 6.08 Å². The van der Waals surface area contributed by atoms with Crippen LogP contribution < -0.4 is 0 Å². The van der Waals surface area contributed by atoms with Crippen molar-refractivity contribution in [2.75, 3.05) is 45.9 Å².